The van der Waals surface area contributed by atoms with Gasteiger partial charge in [0, 0.05) is 56.7 Å². The molecule has 2 aromatic carbocycles. The zero-order valence-corrected chi connectivity index (χ0v) is 37.8. The number of aliphatic hydroxyl groups excluding tert-OH is 1. The van der Waals surface area contributed by atoms with Gasteiger partial charge in [-0.2, -0.15) is 5.10 Å². The average molecular weight is 902 g/mol. The van der Waals surface area contributed by atoms with Crippen molar-refractivity contribution in [3.05, 3.63) is 83.2 Å². The number of β-amino-alcohol motifs (C(OH)–C–C–N with tert-alkyl or cyclic N) is 1. The van der Waals surface area contributed by atoms with Gasteiger partial charge in [0.25, 0.3) is 0 Å². The van der Waals surface area contributed by atoms with Crippen molar-refractivity contribution in [2.24, 2.45) is 11.8 Å². The Morgan fingerprint density at radius 1 is 0.954 bits per heavy atom. The van der Waals surface area contributed by atoms with Crippen LogP contribution in [0.1, 0.15) is 87.9 Å². The van der Waals surface area contributed by atoms with Gasteiger partial charge in [0.1, 0.15) is 17.7 Å². The number of amides is 3. The predicted molar refractivity (Wildman–Crippen MR) is 246 cm³/mol. The van der Waals surface area contributed by atoms with Crippen LogP contribution in [-0.4, -0.2) is 113 Å². The van der Waals surface area contributed by atoms with Crippen molar-refractivity contribution >= 4 is 51.7 Å². The molecule has 2 unspecified atom stereocenters. The SMILES string of the molecule is Cc1ncsc1-c1ccc(C(C)NC(=O)[C@@H]2C[C@@H](O)CN2C(=O)C(c2cc(N3CCC(C(=O)N4CCC(n5nc(N)c6nnc(-c7ccccc7O)cc65)CC4)CC3)no2)C(C)C)cc1. The third-order valence-electron chi connectivity index (χ3n) is 13.3. The standard InChI is InChI=1S/C47H55N11O6S/c1-26(2)41(47(63)57-24-33(59)21-37(57)45(61)50-27(3)29-9-11-30(12-10-29)43-28(4)49-25-65-43)39-23-40(54-64-39)55-17-13-31(14-18-55)46(62)56-19-15-32(16-20-56)58-36-22-35(34-7-5-6-8-38(34)60)51-52-42(36)44(48)53-58/h5-12,22-23,25-27,31-33,37,41,59-60H,13-21,24H2,1-4H3,(H2,48,53)(H,50,61)/t27?,33-,37+,41?/m1/s1. The van der Waals surface area contributed by atoms with Crippen LogP contribution in [0.15, 0.2) is 70.7 Å². The number of para-hydroxylation sites is 1. The minimum atomic E-state index is -0.839. The number of hydrogen-bond acceptors (Lipinski definition) is 14. The van der Waals surface area contributed by atoms with Crippen molar-refractivity contribution in [2.75, 3.05) is 43.4 Å². The lowest BCUT2D eigenvalue weighted by Gasteiger charge is -2.37. The summed E-state index contributed by atoms with van der Waals surface area (Å²) >= 11 is 1.59. The third kappa shape index (κ3) is 8.76. The van der Waals surface area contributed by atoms with Gasteiger partial charge < -0.3 is 40.5 Å². The normalized spacial score (nSPS) is 19.6. The fraction of sp³-hybridized carbons (Fsp3) is 0.447. The number of benzene rings is 2. The van der Waals surface area contributed by atoms with E-state index in [0.29, 0.717) is 86.0 Å². The Morgan fingerprint density at radius 2 is 1.69 bits per heavy atom. The largest absolute Gasteiger partial charge is 0.507 e. The Bertz CT molecular complexity index is 2680. The summed E-state index contributed by atoms with van der Waals surface area (Å²) in [5.41, 5.74) is 13.4. The number of nitrogens with two attached hydrogens (primary N) is 1. The first kappa shape index (κ1) is 43.8. The van der Waals surface area contributed by atoms with E-state index in [2.05, 4.69) is 35.7 Å². The molecule has 0 bridgehead atoms. The van der Waals surface area contributed by atoms with Crippen LogP contribution >= 0.6 is 11.3 Å². The van der Waals surface area contributed by atoms with Gasteiger partial charge in [-0.3, -0.25) is 19.1 Å². The van der Waals surface area contributed by atoms with Crippen LogP contribution in [0.3, 0.4) is 0 Å². The molecular weight excluding hydrogens is 847 g/mol. The van der Waals surface area contributed by atoms with Crippen LogP contribution in [0.5, 0.6) is 5.75 Å². The van der Waals surface area contributed by atoms with Crippen molar-refractivity contribution < 1.29 is 29.1 Å². The van der Waals surface area contributed by atoms with Crippen LogP contribution < -0.4 is 16.0 Å². The van der Waals surface area contributed by atoms with E-state index in [0.717, 1.165) is 27.2 Å². The first-order valence-corrected chi connectivity index (χ1v) is 23.3. The van der Waals surface area contributed by atoms with E-state index in [-0.39, 0.29) is 60.4 Å². The Morgan fingerprint density at radius 3 is 2.38 bits per heavy atom. The van der Waals surface area contributed by atoms with Gasteiger partial charge in [-0.1, -0.05) is 55.4 Å². The second kappa shape index (κ2) is 18.2. The Kier molecular flexibility index (Phi) is 12.3. The fourth-order valence-electron chi connectivity index (χ4n) is 9.69. The monoisotopic (exact) mass is 901 g/mol. The number of phenols is 1. The number of carbonyl (C=O) groups is 3. The number of piperidine rings is 2. The smallest absolute Gasteiger partial charge is 0.243 e. The number of aromatic hydroxyl groups is 1. The quantitative estimate of drug-likeness (QED) is 0.120. The maximum atomic E-state index is 14.3. The van der Waals surface area contributed by atoms with E-state index < -0.39 is 18.1 Å². The Hall–Kier alpha value is -6.40. The highest BCUT2D eigenvalue weighted by atomic mass is 32.1. The zero-order valence-electron chi connectivity index (χ0n) is 37.0. The lowest BCUT2D eigenvalue weighted by atomic mass is 9.91. The van der Waals surface area contributed by atoms with Crippen LogP contribution in [0.4, 0.5) is 11.6 Å². The van der Waals surface area contributed by atoms with Crippen molar-refractivity contribution in [2.45, 2.75) is 89.9 Å². The van der Waals surface area contributed by atoms with E-state index in [9.17, 15) is 24.6 Å². The molecule has 0 spiro atoms. The van der Waals surface area contributed by atoms with E-state index >= 15 is 0 Å². The van der Waals surface area contributed by atoms with Gasteiger partial charge in [0.15, 0.2) is 22.9 Å². The molecule has 3 aliphatic rings. The second-order valence-electron chi connectivity index (χ2n) is 18.0. The van der Waals surface area contributed by atoms with Gasteiger partial charge in [-0.15, -0.1) is 21.5 Å². The van der Waals surface area contributed by atoms with Crippen molar-refractivity contribution in [1.29, 1.82) is 0 Å². The molecule has 4 atom stereocenters. The molecule has 5 N–H and O–H groups in total. The topological polar surface area (TPSA) is 222 Å². The number of likely N-dealkylation sites (tertiary alicyclic amines) is 2. The molecule has 3 aliphatic heterocycles. The fourth-order valence-corrected chi connectivity index (χ4v) is 10.5. The molecule has 0 radical (unpaired) electrons. The first-order valence-electron chi connectivity index (χ1n) is 22.4. The summed E-state index contributed by atoms with van der Waals surface area (Å²) in [7, 11) is 0. The molecule has 0 aliphatic carbocycles. The van der Waals surface area contributed by atoms with Crippen molar-refractivity contribution in [1.82, 2.24) is 45.2 Å². The highest BCUT2D eigenvalue weighted by Crippen LogP contribution is 2.36. The van der Waals surface area contributed by atoms with Gasteiger partial charge >= 0.3 is 0 Å². The number of nitrogens with zero attached hydrogens (tertiary/aromatic N) is 9. The average Bonchev–Trinajstić information content (AvgIpc) is 4.13. The van der Waals surface area contributed by atoms with E-state index in [4.69, 9.17) is 10.3 Å². The van der Waals surface area contributed by atoms with Crippen molar-refractivity contribution in [3.63, 3.8) is 0 Å². The van der Waals surface area contributed by atoms with Gasteiger partial charge in [0.2, 0.25) is 17.7 Å². The molecule has 17 nitrogen and oxygen atoms in total. The minimum absolute atomic E-state index is 0.0146. The Balaban J connectivity index is 0.792. The zero-order chi connectivity index (χ0) is 45.5. The number of fused-ring (bicyclic) bond motifs is 1. The summed E-state index contributed by atoms with van der Waals surface area (Å²) in [5.74, 6) is -0.0906. The summed E-state index contributed by atoms with van der Waals surface area (Å²) < 4.78 is 7.77. The summed E-state index contributed by atoms with van der Waals surface area (Å²) in [6, 6.07) is 17.5. The summed E-state index contributed by atoms with van der Waals surface area (Å²) in [4.78, 5) is 52.9. The molecule has 7 heterocycles. The minimum Gasteiger partial charge on any atom is -0.507 e. The molecule has 340 valence electrons. The highest BCUT2D eigenvalue weighted by Gasteiger charge is 2.44. The molecule has 6 aromatic rings. The highest BCUT2D eigenvalue weighted by molar-refractivity contribution is 7.13. The number of aryl methyl sites for hydroxylation is 1. The number of hydrogen-bond donors (Lipinski definition) is 4. The number of rotatable bonds is 11. The number of aliphatic hydroxyl groups is 1. The van der Waals surface area contributed by atoms with Crippen LogP contribution in [0.2, 0.25) is 0 Å². The predicted octanol–water partition coefficient (Wildman–Crippen LogP) is 5.86. The maximum absolute atomic E-state index is 14.3. The number of phenolic OH excluding ortho intramolecular Hbond substituents is 1. The van der Waals surface area contributed by atoms with Gasteiger partial charge in [-0.05, 0) is 74.8 Å². The number of thiazole rings is 1. The van der Waals surface area contributed by atoms with E-state index in [1.165, 1.54) is 4.90 Å². The lowest BCUT2D eigenvalue weighted by Crippen LogP contribution is -2.48. The number of nitrogens with one attached hydrogen (secondary N) is 1. The molecular formula is C47H55N11O6S. The molecule has 3 saturated heterocycles. The van der Waals surface area contributed by atoms with Crippen molar-refractivity contribution in [3.8, 4) is 27.4 Å². The summed E-state index contributed by atoms with van der Waals surface area (Å²) in [6.45, 7) is 10.2. The van der Waals surface area contributed by atoms with Crippen LogP contribution in [0.25, 0.3) is 32.7 Å². The molecule has 65 heavy (non-hydrogen) atoms. The van der Waals surface area contributed by atoms with E-state index in [1.54, 1.807) is 35.6 Å². The molecule has 3 fully saturated rings. The summed E-state index contributed by atoms with van der Waals surface area (Å²) in [5, 5.41) is 41.9. The second-order valence-corrected chi connectivity index (χ2v) is 18.8. The van der Waals surface area contributed by atoms with Gasteiger partial charge in [0.05, 0.1) is 45.5 Å². The van der Waals surface area contributed by atoms with Crippen LogP contribution in [-0.2, 0) is 14.4 Å². The van der Waals surface area contributed by atoms with Crippen LogP contribution in [0, 0.1) is 18.8 Å². The molecule has 9 rings (SSSR count). The number of nitrogen functional groups attached to an aromatic ring is 1. The lowest BCUT2D eigenvalue weighted by molar-refractivity contribution is -0.141. The molecule has 3 amide bonds. The number of anilines is 2. The first-order chi connectivity index (χ1) is 31.3. The Labute approximate surface area is 380 Å². The third-order valence-corrected chi connectivity index (χ3v) is 14.3. The van der Waals surface area contributed by atoms with Gasteiger partial charge in [-0.25, -0.2) is 4.98 Å². The number of aromatic nitrogens is 6. The molecule has 0 saturated carbocycles. The van der Waals surface area contributed by atoms with E-state index in [1.807, 2.05) is 79.2 Å². The number of carbonyl (C=O) groups excluding carboxylic acids is 3. The molecule has 18 heteroatoms. The maximum Gasteiger partial charge on any atom is 0.243 e. The molecule has 4 aromatic heterocycles. The summed E-state index contributed by atoms with van der Waals surface area (Å²) in [6.07, 6.45) is 2.02.